The summed E-state index contributed by atoms with van der Waals surface area (Å²) in [6.07, 6.45) is 0. The normalized spacial score (nSPS) is 4.00. The summed E-state index contributed by atoms with van der Waals surface area (Å²) >= 11 is 0. The van der Waals surface area contributed by atoms with Crippen molar-refractivity contribution in [3.05, 3.63) is 0 Å². The molecule has 4 heteroatoms. The molecule has 0 aromatic carbocycles. The average molecular weight is 167 g/mol. The summed E-state index contributed by atoms with van der Waals surface area (Å²) in [7, 11) is 6.06. The Bertz CT molecular complexity index is 11.6. The van der Waals surface area contributed by atoms with Crippen LogP contribution >= 0.6 is 0 Å². The Hall–Kier alpha value is 1.32. The molecule has 5 heavy (non-hydrogen) atoms. The molecule has 0 heterocycles. The molecule has 0 saturated carbocycles. The molecule has 0 aliphatic carbocycles. The second-order valence-corrected chi connectivity index (χ2v) is 1.22. The Morgan fingerprint density at radius 1 is 1.60 bits per heavy atom. The van der Waals surface area contributed by atoms with Gasteiger partial charge in [-0.2, -0.15) is 0 Å². The van der Waals surface area contributed by atoms with Crippen molar-refractivity contribution in [1.82, 2.24) is 0 Å². The maximum atomic E-state index is 4.91. The minimum Gasteiger partial charge on any atom is -0.1000 e. The van der Waals surface area contributed by atoms with Gasteiger partial charge in [0.15, 0.2) is 0 Å². The van der Waals surface area contributed by atoms with E-state index < -0.39 is 0 Å². The fourth-order valence-electron chi connectivity index (χ4n) is 0. The largest absolute Gasteiger partial charge is 0.1000 e. The second-order valence-electron chi connectivity index (χ2n) is 0.408. The van der Waals surface area contributed by atoms with E-state index in [4.69, 9.17) is 7.85 Å². The van der Waals surface area contributed by atoms with Gasteiger partial charge in [0, 0.05) is 34.1 Å². The molecule has 0 aromatic rings. The molecular weight excluding hydrogens is 162 g/mol. The van der Waals surface area contributed by atoms with Crippen LogP contribution in [0.25, 0.3) is 0 Å². The molecule has 0 unspecified atom stereocenters. The first-order chi connectivity index (χ1) is 1.41. The molecular formula is CH5BFeMnSi. The minimum atomic E-state index is 0. The molecule has 0 aromatic heterocycles. The first-order valence-electron chi connectivity index (χ1n) is 1.12. The summed E-state index contributed by atoms with van der Waals surface area (Å²) in [5, 5.41) is 0. The summed E-state index contributed by atoms with van der Waals surface area (Å²) in [6.45, 7) is 0. The predicted octanol–water partition coefficient (Wildman–Crippen LogP) is -1.11. The Morgan fingerprint density at radius 2 is 1.60 bits per heavy atom. The van der Waals surface area contributed by atoms with Crippen molar-refractivity contribution >= 4 is 18.1 Å². The maximum Gasteiger partial charge on any atom is 0.0602 e. The van der Waals surface area contributed by atoms with Crippen LogP contribution in [0.1, 0.15) is 0 Å². The molecule has 0 nitrogen and oxygen atoms in total. The third-order valence-corrected chi connectivity index (χ3v) is 0. The third-order valence-electron chi connectivity index (χ3n) is 0. The average Bonchev–Trinajstić information content (AvgIpc) is 0.918. The van der Waals surface area contributed by atoms with Gasteiger partial charge in [-0.25, -0.2) is 0 Å². The van der Waals surface area contributed by atoms with Crippen LogP contribution in [-0.2, 0) is 34.1 Å². The molecule has 0 aliphatic heterocycles. The molecule has 0 spiro atoms. The van der Waals surface area contributed by atoms with Gasteiger partial charge < -0.3 is 0 Å². The van der Waals surface area contributed by atoms with Gasteiger partial charge >= 0.3 is 0 Å². The van der Waals surface area contributed by atoms with E-state index in [1.54, 1.807) is 0 Å². The zero-order chi connectivity index (χ0) is 2.71. The zero-order valence-electron chi connectivity index (χ0n) is 3.02. The number of rotatable bonds is 0. The molecule has 0 aliphatic rings. The molecule has 0 saturated heterocycles. The predicted molar refractivity (Wildman–Crippen MR) is 20.5 cm³/mol. The molecule has 0 fully saturated rings. The summed E-state index contributed by atoms with van der Waals surface area (Å²) in [5.74, 6) is 0.889. The topological polar surface area (TPSA) is 0 Å². The maximum absolute atomic E-state index is 4.91. The fraction of sp³-hybridized carbons (Fsp3) is 1.00. The van der Waals surface area contributed by atoms with Gasteiger partial charge in [0.1, 0.15) is 0 Å². The van der Waals surface area contributed by atoms with Crippen LogP contribution in [0, 0.1) is 0 Å². The van der Waals surface area contributed by atoms with Crippen LogP contribution in [0.15, 0.2) is 0 Å². The number of hydrogen-bond acceptors (Lipinski definition) is 0. The third kappa shape index (κ3) is 33.6. The van der Waals surface area contributed by atoms with E-state index >= 15 is 0 Å². The Labute approximate surface area is 58.3 Å². The standard InChI is InChI=1S/CH5BSi.Fe.Mn/c2-1-3;;/h1H2,3H3;;. The first-order valence-corrected chi connectivity index (χ1v) is 2.53. The number of hydrogen-bond donors (Lipinski definition) is 0. The van der Waals surface area contributed by atoms with Crippen LogP contribution in [0.4, 0.5) is 0 Å². The van der Waals surface area contributed by atoms with Crippen LogP contribution in [-0.4, -0.2) is 18.1 Å². The molecule has 0 atom stereocenters. The van der Waals surface area contributed by atoms with Crippen molar-refractivity contribution < 1.29 is 34.1 Å². The molecule has 0 rings (SSSR count). The summed E-state index contributed by atoms with van der Waals surface area (Å²) in [5.41, 5.74) is 0. The van der Waals surface area contributed by atoms with Crippen LogP contribution in [0.2, 0.25) is 5.94 Å². The Kier molecular flexibility index (Phi) is 59.9. The smallest absolute Gasteiger partial charge is 0.0602 e. The van der Waals surface area contributed by atoms with Crippen LogP contribution in [0.3, 0.4) is 0 Å². The molecule has 3 radical (unpaired) electrons. The zero-order valence-corrected chi connectivity index (χ0v) is 7.30. The quantitative estimate of drug-likeness (QED) is 0.401. The van der Waals surface area contributed by atoms with E-state index in [0.717, 1.165) is 16.2 Å². The van der Waals surface area contributed by atoms with E-state index in [9.17, 15) is 0 Å². The summed E-state index contributed by atoms with van der Waals surface area (Å²) in [6, 6.07) is 0. The van der Waals surface area contributed by atoms with Gasteiger partial charge in [-0.05, 0) is 10.2 Å². The van der Waals surface area contributed by atoms with E-state index in [2.05, 4.69) is 0 Å². The van der Waals surface area contributed by atoms with Gasteiger partial charge in [-0.1, -0.05) is 5.94 Å². The molecule has 0 N–H and O–H groups in total. The molecule has 31 valence electrons. The van der Waals surface area contributed by atoms with Crippen molar-refractivity contribution in [2.24, 2.45) is 0 Å². The Morgan fingerprint density at radius 3 is 1.60 bits per heavy atom. The van der Waals surface area contributed by atoms with Crippen molar-refractivity contribution in [2.75, 3.05) is 0 Å². The van der Waals surface area contributed by atoms with Gasteiger partial charge in [0.25, 0.3) is 0 Å². The van der Waals surface area contributed by atoms with Crippen molar-refractivity contribution in [1.29, 1.82) is 0 Å². The second kappa shape index (κ2) is 18.4. The SMILES string of the molecule is [B]C[SiH3].[Fe].[Mn]. The van der Waals surface area contributed by atoms with Crippen molar-refractivity contribution in [3.8, 4) is 0 Å². The fourth-order valence-corrected chi connectivity index (χ4v) is 0. The Balaban J connectivity index is -0.0000000200. The summed E-state index contributed by atoms with van der Waals surface area (Å²) < 4.78 is 0. The molecule has 0 amide bonds. The van der Waals surface area contributed by atoms with Gasteiger partial charge in [-0.15, -0.1) is 0 Å². The minimum absolute atomic E-state index is 0. The van der Waals surface area contributed by atoms with Gasteiger partial charge in [-0.3, -0.25) is 0 Å². The first kappa shape index (κ1) is 16.2. The van der Waals surface area contributed by atoms with E-state index in [1.165, 1.54) is 0 Å². The van der Waals surface area contributed by atoms with E-state index in [0.29, 0.717) is 0 Å². The summed E-state index contributed by atoms with van der Waals surface area (Å²) in [4.78, 5) is 0. The van der Waals surface area contributed by atoms with Crippen molar-refractivity contribution in [3.63, 3.8) is 0 Å². The van der Waals surface area contributed by atoms with E-state index in [1.807, 2.05) is 0 Å². The monoisotopic (exact) mass is 167 g/mol. The molecule has 0 bridgehead atoms. The van der Waals surface area contributed by atoms with Crippen LogP contribution in [0.5, 0.6) is 0 Å². The van der Waals surface area contributed by atoms with Gasteiger partial charge in [0.05, 0.1) is 7.85 Å². The van der Waals surface area contributed by atoms with Crippen molar-refractivity contribution in [2.45, 2.75) is 5.94 Å². The van der Waals surface area contributed by atoms with Crippen LogP contribution < -0.4 is 0 Å². The van der Waals surface area contributed by atoms with E-state index in [-0.39, 0.29) is 34.1 Å². The van der Waals surface area contributed by atoms with Gasteiger partial charge in [0.2, 0.25) is 0 Å².